The Kier molecular flexibility index (Phi) is 5.88. The van der Waals surface area contributed by atoms with Gasteiger partial charge in [-0.25, -0.2) is 4.39 Å². The van der Waals surface area contributed by atoms with Crippen LogP contribution in [0, 0.1) is 5.82 Å². The van der Waals surface area contributed by atoms with Crippen molar-refractivity contribution in [1.29, 1.82) is 0 Å². The molecule has 0 aromatic heterocycles. The fourth-order valence-electron chi connectivity index (χ4n) is 1.43. The predicted molar refractivity (Wildman–Crippen MR) is 65.6 cm³/mol. The first-order valence-electron chi connectivity index (χ1n) is 5.38. The Hall–Kier alpha value is -0.410. The maximum Gasteiger partial charge on any atom is 0.127 e. The molecular weight excluding hydrogens is 257 g/mol. The third kappa shape index (κ3) is 4.76. The van der Waals surface area contributed by atoms with Crippen LogP contribution < -0.4 is 5.32 Å². The summed E-state index contributed by atoms with van der Waals surface area (Å²) in [5.41, 5.74) is 0.802. The van der Waals surface area contributed by atoms with Gasteiger partial charge in [0.25, 0.3) is 0 Å². The lowest BCUT2D eigenvalue weighted by Gasteiger charge is -2.04. The van der Waals surface area contributed by atoms with Crippen LogP contribution in [0.15, 0.2) is 22.7 Å². The number of aryl methyl sites for hydroxylation is 1. The number of hydrogen-bond acceptors (Lipinski definition) is 1. The van der Waals surface area contributed by atoms with Gasteiger partial charge in [0.15, 0.2) is 0 Å². The van der Waals surface area contributed by atoms with Crippen molar-refractivity contribution in [2.75, 3.05) is 13.1 Å². The van der Waals surface area contributed by atoms with Gasteiger partial charge in [0.1, 0.15) is 5.82 Å². The van der Waals surface area contributed by atoms with Gasteiger partial charge in [0, 0.05) is 4.47 Å². The first kappa shape index (κ1) is 12.7. The molecule has 0 saturated carbocycles. The largest absolute Gasteiger partial charge is 0.317 e. The molecule has 1 aromatic carbocycles. The van der Waals surface area contributed by atoms with Crippen LogP contribution in [-0.2, 0) is 6.42 Å². The molecule has 1 rings (SSSR count). The lowest BCUT2D eigenvalue weighted by Crippen LogP contribution is -2.16. The van der Waals surface area contributed by atoms with Gasteiger partial charge in [-0.15, -0.1) is 0 Å². The minimum atomic E-state index is -0.111. The summed E-state index contributed by atoms with van der Waals surface area (Å²) >= 11 is 3.25. The summed E-state index contributed by atoms with van der Waals surface area (Å²) < 4.78 is 14.2. The van der Waals surface area contributed by atoms with Crippen molar-refractivity contribution < 1.29 is 4.39 Å². The highest BCUT2D eigenvalue weighted by atomic mass is 79.9. The van der Waals surface area contributed by atoms with Crippen LogP contribution in [0.4, 0.5) is 4.39 Å². The molecule has 1 N–H and O–H groups in total. The van der Waals surface area contributed by atoms with Gasteiger partial charge in [-0.05, 0) is 50.0 Å². The number of benzene rings is 1. The summed E-state index contributed by atoms with van der Waals surface area (Å²) in [4.78, 5) is 0. The second-order valence-electron chi connectivity index (χ2n) is 3.59. The zero-order valence-corrected chi connectivity index (χ0v) is 10.6. The van der Waals surface area contributed by atoms with Gasteiger partial charge in [-0.3, -0.25) is 0 Å². The summed E-state index contributed by atoms with van der Waals surface area (Å²) in [6.07, 6.45) is 2.93. The molecule has 0 fully saturated rings. The Morgan fingerprint density at radius 3 is 2.80 bits per heavy atom. The van der Waals surface area contributed by atoms with E-state index in [9.17, 15) is 4.39 Å². The summed E-state index contributed by atoms with van der Waals surface area (Å²) in [5.74, 6) is -0.111. The first-order valence-corrected chi connectivity index (χ1v) is 6.18. The minimum absolute atomic E-state index is 0.111. The van der Waals surface area contributed by atoms with E-state index in [1.807, 2.05) is 12.1 Å². The molecule has 84 valence electrons. The van der Waals surface area contributed by atoms with Gasteiger partial charge >= 0.3 is 0 Å². The van der Waals surface area contributed by atoms with Gasteiger partial charge in [-0.1, -0.05) is 28.9 Å². The zero-order chi connectivity index (χ0) is 11.1. The Labute approximate surface area is 99.2 Å². The zero-order valence-electron chi connectivity index (χ0n) is 9.02. The van der Waals surface area contributed by atoms with Crippen molar-refractivity contribution in [3.63, 3.8) is 0 Å². The summed E-state index contributed by atoms with van der Waals surface area (Å²) in [6.45, 7) is 4.15. The highest BCUT2D eigenvalue weighted by molar-refractivity contribution is 9.10. The third-order valence-corrected chi connectivity index (χ3v) is 2.73. The van der Waals surface area contributed by atoms with Crippen LogP contribution in [-0.4, -0.2) is 13.1 Å². The van der Waals surface area contributed by atoms with Crippen molar-refractivity contribution in [1.82, 2.24) is 5.32 Å². The van der Waals surface area contributed by atoms with E-state index in [0.717, 1.165) is 42.4 Å². The van der Waals surface area contributed by atoms with E-state index in [-0.39, 0.29) is 5.82 Å². The topological polar surface area (TPSA) is 12.0 Å². The molecule has 3 heteroatoms. The molecular formula is C12H17BrFN. The molecule has 15 heavy (non-hydrogen) atoms. The summed E-state index contributed by atoms with van der Waals surface area (Å²) in [6, 6.07) is 5.26. The van der Waals surface area contributed by atoms with E-state index >= 15 is 0 Å². The standard InChI is InChI=1S/C12H17BrFN/c1-2-7-15-8-3-4-10-5-6-11(13)9-12(10)14/h5-6,9,15H,2-4,7-8H2,1H3. The van der Waals surface area contributed by atoms with Crippen molar-refractivity contribution in [3.8, 4) is 0 Å². The van der Waals surface area contributed by atoms with Crippen LogP contribution in [0.2, 0.25) is 0 Å². The van der Waals surface area contributed by atoms with E-state index in [1.165, 1.54) is 6.07 Å². The average Bonchev–Trinajstić information content (AvgIpc) is 2.20. The van der Waals surface area contributed by atoms with Crippen LogP contribution in [0.25, 0.3) is 0 Å². The highest BCUT2D eigenvalue weighted by Gasteiger charge is 2.01. The maximum absolute atomic E-state index is 13.4. The van der Waals surface area contributed by atoms with E-state index < -0.39 is 0 Å². The van der Waals surface area contributed by atoms with Crippen molar-refractivity contribution in [2.24, 2.45) is 0 Å². The van der Waals surface area contributed by atoms with Gasteiger partial charge in [0.2, 0.25) is 0 Å². The molecule has 0 bridgehead atoms. The van der Waals surface area contributed by atoms with Crippen LogP contribution in [0.5, 0.6) is 0 Å². The molecule has 0 spiro atoms. The van der Waals surface area contributed by atoms with Crippen LogP contribution in [0.3, 0.4) is 0 Å². The highest BCUT2D eigenvalue weighted by Crippen LogP contribution is 2.16. The maximum atomic E-state index is 13.4. The number of rotatable bonds is 6. The Morgan fingerprint density at radius 2 is 2.13 bits per heavy atom. The Balaban J connectivity index is 2.31. The molecule has 0 saturated heterocycles. The van der Waals surface area contributed by atoms with Crippen LogP contribution in [0.1, 0.15) is 25.3 Å². The van der Waals surface area contributed by atoms with Crippen molar-refractivity contribution in [3.05, 3.63) is 34.1 Å². The van der Waals surface area contributed by atoms with Crippen molar-refractivity contribution in [2.45, 2.75) is 26.2 Å². The second-order valence-corrected chi connectivity index (χ2v) is 4.50. The van der Waals surface area contributed by atoms with Gasteiger partial charge in [-0.2, -0.15) is 0 Å². The van der Waals surface area contributed by atoms with E-state index in [4.69, 9.17) is 0 Å². The lowest BCUT2D eigenvalue weighted by molar-refractivity contribution is 0.591. The summed E-state index contributed by atoms with van der Waals surface area (Å²) in [7, 11) is 0. The molecule has 0 aliphatic rings. The van der Waals surface area contributed by atoms with Gasteiger partial charge in [0.05, 0.1) is 0 Å². The Morgan fingerprint density at radius 1 is 1.33 bits per heavy atom. The molecule has 0 radical (unpaired) electrons. The van der Waals surface area contributed by atoms with Gasteiger partial charge < -0.3 is 5.32 Å². The normalized spacial score (nSPS) is 10.6. The molecule has 0 atom stereocenters. The summed E-state index contributed by atoms with van der Waals surface area (Å²) in [5, 5.41) is 3.30. The molecule has 1 aromatic rings. The SMILES string of the molecule is CCCNCCCc1ccc(Br)cc1F. The first-order chi connectivity index (χ1) is 7.24. The minimum Gasteiger partial charge on any atom is -0.317 e. The predicted octanol–water partition coefficient (Wildman–Crippen LogP) is 3.52. The van der Waals surface area contributed by atoms with E-state index in [2.05, 4.69) is 28.2 Å². The third-order valence-electron chi connectivity index (χ3n) is 2.24. The number of nitrogens with one attached hydrogen (secondary N) is 1. The van der Waals surface area contributed by atoms with E-state index in [0.29, 0.717) is 0 Å². The molecule has 0 heterocycles. The van der Waals surface area contributed by atoms with Crippen LogP contribution >= 0.6 is 15.9 Å². The van der Waals surface area contributed by atoms with Crippen molar-refractivity contribution >= 4 is 15.9 Å². The smallest absolute Gasteiger partial charge is 0.127 e. The van der Waals surface area contributed by atoms with E-state index in [1.54, 1.807) is 0 Å². The molecule has 0 aliphatic heterocycles. The lowest BCUT2D eigenvalue weighted by atomic mass is 10.1. The fraction of sp³-hybridized carbons (Fsp3) is 0.500. The second kappa shape index (κ2) is 6.96. The number of halogens is 2. The molecule has 0 unspecified atom stereocenters. The molecule has 0 amide bonds. The quantitative estimate of drug-likeness (QED) is 0.783. The number of hydrogen-bond donors (Lipinski definition) is 1. The monoisotopic (exact) mass is 273 g/mol. The molecule has 0 aliphatic carbocycles. The average molecular weight is 274 g/mol. The Bertz CT molecular complexity index is 302. The fourth-order valence-corrected chi connectivity index (χ4v) is 1.76. The molecule has 1 nitrogen and oxygen atoms in total.